The molecular weight excluding hydrogens is 262 g/mol. The number of carbonyl (C=O) groups is 1. The number of benzene rings is 2. The normalized spacial score (nSPS) is 10.0. The van der Waals surface area contributed by atoms with Gasteiger partial charge in [-0.05, 0) is 67.8 Å². The molecule has 106 valence electrons. The molecule has 0 aliphatic heterocycles. The van der Waals surface area contributed by atoms with E-state index in [0.29, 0.717) is 16.9 Å². The Hall–Kier alpha value is -2.60. The minimum Gasteiger partial charge on any atom is -0.485 e. The van der Waals surface area contributed by atoms with E-state index < -0.39 is 0 Å². The van der Waals surface area contributed by atoms with Gasteiger partial charge in [0.2, 0.25) is 0 Å². The highest BCUT2D eigenvalue weighted by atomic mass is 16.5. The molecule has 2 aromatic carbocycles. The third-order valence-corrected chi connectivity index (χ3v) is 3.49. The van der Waals surface area contributed by atoms with Gasteiger partial charge in [0.15, 0.2) is 12.4 Å². The molecule has 0 amide bonds. The Bertz CT molecular complexity index is 709. The summed E-state index contributed by atoms with van der Waals surface area (Å²) < 4.78 is 5.49. The Morgan fingerprint density at radius 3 is 2.29 bits per heavy atom. The van der Waals surface area contributed by atoms with Crippen LogP contribution in [0.5, 0.6) is 5.75 Å². The second-order valence-corrected chi connectivity index (χ2v) is 5.10. The molecule has 0 fully saturated rings. The average molecular weight is 279 g/mol. The van der Waals surface area contributed by atoms with Crippen molar-refractivity contribution in [3.05, 3.63) is 64.2 Å². The molecule has 0 saturated heterocycles. The summed E-state index contributed by atoms with van der Waals surface area (Å²) in [5.41, 5.74) is 4.51. The summed E-state index contributed by atoms with van der Waals surface area (Å²) in [6, 6.07) is 12.7. The van der Waals surface area contributed by atoms with Gasteiger partial charge in [0.1, 0.15) is 5.75 Å². The first-order valence-corrected chi connectivity index (χ1v) is 6.75. The van der Waals surface area contributed by atoms with Crippen molar-refractivity contribution in [2.75, 3.05) is 6.61 Å². The van der Waals surface area contributed by atoms with Crippen LogP contribution < -0.4 is 4.74 Å². The highest BCUT2D eigenvalue weighted by Crippen LogP contribution is 2.17. The van der Waals surface area contributed by atoms with Crippen molar-refractivity contribution < 1.29 is 9.53 Å². The highest BCUT2D eigenvalue weighted by Gasteiger charge is 2.11. The Balaban J connectivity index is 2.08. The molecule has 0 spiro atoms. The second-order valence-electron chi connectivity index (χ2n) is 5.10. The summed E-state index contributed by atoms with van der Waals surface area (Å²) in [5.74, 6) is 0.545. The topological polar surface area (TPSA) is 50.1 Å². The van der Waals surface area contributed by atoms with E-state index in [1.807, 2.05) is 39.0 Å². The Labute approximate surface area is 124 Å². The van der Waals surface area contributed by atoms with E-state index in [2.05, 4.69) is 0 Å². The van der Waals surface area contributed by atoms with E-state index in [4.69, 9.17) is 10.00 Å². The fourth-order valence-corrected chi connectivity index (χ4v) is 2.11. The average Bonchev–Trinajstić information content (AvgIpc) is 2.49. The van der Waals surface area contributed by atoms with Crippen LogP contribution in [0.2, 0.25) is 0 Å². The van der Waals surface area contributed by atoms with E-state index in [1.165, 1.54) is 5.56 Å². The monoisotopic (exact) mass is 279 g/mol. The summed E-state index contributed by atoms with van der Waals surface area (Å²) in [6.07, 6.45) is 0. The molecule has 0 aliphatic rings. The quantitative estimate of drug-likeness (QED) is 0.801. The fraction of sp³-hybridized carbons (Fsp3) is 0.222. The number of hydrogen-bond acceptors (Lipinski definition) is 3. The summed E-state index contributed by atoms with van der Waals surface area (Å²) in [4.78, 5) is 12.2. The largest absolute Gasteiger partial charge is 0.485 e. The van der Waals surface area contributed by atoms with Gasteiger partial charge >= 0.3 is 0 Å². The molecule has 0 radical (unpaired) electrons. The predicted molar refractivity (Wildman–Crippen MR) is 81.6 cm³/mol. The SMILES string of the molecule is Cc1cc(C)c(C(=O)COc2ccc(C#N)cc2)cc1C. The maximum atomic E-state index is 12.2. The zero-order valence-corrected chi connectivity index (χ0v) is 12.4. The lowest BCUT2D eigenvalue weighted by atomic mass is 9.98. The van der Waals surface area contributed by atoms with Crippen molar-refractivity contribution in [3.8, 4) is 11.8 Å². The molecule has 0 aliphatic carbocycles. The van der Waals surface area contributed by atoms with Crippen LogP contribution >= 0.6 is 0 Å². The Morgan fingerprint density at radius 2 is 1.67 bits per heavy atom. The number of ether oxygens (including phenoxy) is 1. The first-order chi connectivity index (χ1) is 10.0. The summed E-state index contributed by atoms with van der Waals surface area (Å²) in [5, 5.41) is 8.73. The van der Waals surface area contributed by atoms with E-state index in [1.54, 1.807) is 24.3 Å². The van der Waals surface area contributed by atoms with Crippen LogP contribution in [0.1, 0.15) is 32.6 Å². The zero-order chi connectivity index (χ0) is 15.4. The van der Waals surface area contributed by atoms with E-state index >= 15 is 0 Å². The molecule has 0 unspecified atom stereocenters. The lowest BCUT2D eigenvalue weighted by Crippen LogP contribution is -2.13. The number of nitrogens with zero attached hydrogens (tertiary/aromatic N) is 1. The number of ketones is 1. The summed E-state index contributed by atoms with van der Waals surface area (Å²) in [6.45, 7) is 5.95. The minimum atomic E-state index is -0.0417. The van der Waals surface area contributed by atoms with Gasteiger partial charge in [0.05, 0.1) is 11.6 Å². The molecule has 2 rings (SSSR count). The van der Waals surface area contributed by atoms with E-state index in [9.17, 15) is 4.79 Å². The molecule has 3 nitrogen and oxygen atoms in total. The van der Waals surface area contributed by atoms with Crippen molar-refractivity contribution in [2.45, 2.75) is 20.8 Å². The molecule has 2 aromatic rings. The van der Waals surface area contributed by atoms with Crippen LogP contribution in [0.25, 0.3) is 0 Å². The summed E-state index contributed by atoms with van der Waals surface area (Å²) >= 11 is 0. The predicted octanol–water partition coefficient (Wildman–Crippen LogP) is 3.75. The Kier molecular flexibility index (Phi) is 4.39. The lowest BCUT2D eigenvalue weighted by Gasteiger charge is -2.10. The molecule has 21 heavy (non-hydrogen) atoms. The van der Waals surface area contributed by atoms with Crippen LogP contribution in [-0.2, 0) is 0 Å². The molecular formula is C18H17NO2. The van der Waals surface area contributed by atoms with Crippen LogP contribution in [0.15, 0.2) is 36.4 Å². The van der Waals surface area contributed by atoms with Crippen LogP contribution in [0.3, 0.4) is 0 Å². The van der Waals surface area contributed by atoms with Gasteiger partial charge in [0.25, 0.3) is 0 Å². The molecule has 0 N–H and O–H groups in total. The van der Waals surface area contributed by atoms with Crippen LogP contribution in [0.4, 0.5) is 0 Å². The number of rotatable bonds is 4. The van der Waals surface area contributed by atoms with E-state index in [0.717, 1.165) is 11.1 Å². The third-order valence-electron chi connectivity index (χ3n) is 3.49. The standard InChI is InChI=1S/C18H17NO2/c1-12-8-14(3)17(9-13(12)2)18(20)11-21-16-6-4-15(10-19)5-7-16/h4-9H,11H2,1-3H3. The maximum Gasteiger partial charge on any atom is 0.200 e. The number of nitriles is 1. The van der Waals surface area contributed by atoms with Crippen molar-refractivity contribution in [1.29, 1.82) is 5.26 Å². The summed E-state index contributed by atoms with van der Waals surface area (Å²) in [7, 11) is 0. The van der Waals surface area contributed by atoms with Crippen LogP contribution in [0, 0.1) is 32.1 Å². The Morgan fingerprint density at radius 1 is 1.05 bits per heavy atom. The van der Waals surface area contributed by atoms with Crippen molar-refractivity contribution in [2.24, 2.45) is 0 Å². The number of hydrogen-bond donors (Lipinski definition) is 0. The number of carbonyl (C=O) groups excluding carboxylic acids is 1. The zero-order valence-electron chi connectivity index (χ0n) is 12.4. The first kappa shape index (κ1) is 14.8. The molecule has 0 bridgehead atoms. The van der Waals surface area contributed by atoms with Crippen molar-refractivity contribution in [3.63, 3.8) is 0 Å². The van der Waals surface area contributed by atoms with Crippen molar-refractivity contribution >= 4 is 5.78 Å². The molecule has 3 heteroatoms. The second kappa shape index (κ2) is 6.23. The minimum absolute atomic E-state index is 0.00472. The first-order valence-electron chi connectivity index (χ1n) is 6.75. The molecule has 0 heterocycles. The van der Waals surface area contributed by atoms with Crippen molar-refractivity contribution in [1.82, 2.24) is 0 Å². The third kappa shape index (κ3) is 3.49. The van der Waals surface area contributed by atoms with Gasteiger partial charge in [-0.15, -0.1) is 0 Å². The molecule has 0 atom stereocenters. The number of aryl methyl sites for hydroxylation is 3. The van der Waals surface area contributed by atoms with Gasteiger partial charge < -0.3 is 4.74 Å². The fourth-order valence-electron chi connectivity index (χ4n) is 2.11. The van der Waals surface area contributed by atoms with Gasteiger partial charge in [-0.2, -0.15) is 5.26 Å². The lowest BCUT2D eigenvalue weighted by molar-refractivity contribution is 0.0921. The number of Topliss-reactive ketones (excluding diaryl/α,β-unsaturated/α-hetero) is 1. The van der Waals surface area contributed by atoms with Gasteiger partial charge in [0, 0.05) is 5.56 Å². The maximum absolute atomic E-state index is 12.2. The van der Waals surface area contributed by atoms with Gasteiger partial charge in [-0.25, -0.2) is 0 Å². The van der Waals surface area contributed by atoms with Crippen LogP contribution in [-0.4, -0.2) is 12.4 Å². The van der Waals surface area contributed by atoms with Gasteiger partial charge in [-0.3, -0.25) is 4.79 Å². The molecule has 0 aromatic heterocycles. The smallest absolute Gasteiger partial charge is 0.200 e. The molecule has 0 saturated carbocycles. The van der Waals surface area contributed by atoms with Gasteiger partial charge in [-0.1, -0.05) is 6.07 Å². The van der Waals surface area contributed by atoms with E-state index in [-0.39, 0.29) is 12.4 Å². The highest BCUT2D eigenvalue weighted by molar-refractivity contribution is 5.98.